The third-order valence-corrected chi connectivity index (χ3v) is 9.30. The summed E-state index contributed by atoms with van der Waals surface area (Å²) in [4.78, 5) is 29.9. The molecule has 0 bridgehead atoms. The first kappa shape index (κ1) is 32.5. The maximum Gasteiger partial charge on any atom is 0.264 e. The number of anilines is 1. The third kappa shape index (κ3) is 8.14. The second-order valence-corrected chi connectivity index (χ2v) is 13.3. The van der Waals surface area contributed by atoms with Gasteiger partial charge in [0.25, 0.3) is 10.0 Å². The van der Waals surface area contributed by atoms with Gasteiger partial charge in [-0.1, -0.05) is 90.0 Å². The molecule has 0 fully saturated rings. The Labute approximate surface area is 261 Å². The van der Waals surface area contributed by atoms with Gasteiger partial charge in [0.05, 0.1) is 10.6 Å². The highest BCUT2D eigenvalue weighted by Gasteiger charge is 2.35. The summed E-state index contributed by atoms with van der Waals surface area (Å²) in [6, 6.07) is 29.8. The van der Waals surface area contributed by atoms with E-state index in [-0.39, 0.29) is 29.8 Å². The van der Waals surface area contributed by atoms with Crippen LogP contribution in [0.1, 0.15) is 41.7 Å². The van der Waals surface area contributed by atoms with Gasteiger partial charge in [0.2, 0.25) is 11.8 Å². The third-order valence-electron chi connectivity index (χ3n) is 7.51. The van der Waals surface area contributed by atoms with E-state index in [0.717, 1.165) is 32.1 Å². The van der Waals surface area contributed by atoms with Gasteiger partial charge >= 0.3 is 0 Å². The van der Waals surface area contributed by atoms with Crippen molar-refractivity contribution in [2.75, 3.05) is 10.8 Å². The molecule has 230 valence electrons. The number of aryl methyl sites for hydroxylation is 3. The van der Waals surface area contributed by atoms with Gasteiger partial charge in [-0.15, -0.1) is 0 Å². The molecule has 1 N–H and O–H groups in total. The summed E-state index contributed by atoms with van der Waals surface area (Å²) >= 11 is 0. The van der Waals surface area contributed by atoms with Crippen LogP contribution in [-0.4, -0.2) is 43.8 Å². The fraction of sp³-hybridized carbons (Fsp3) is 0.278. The van der Waals surface area contributed by atoms with E-state index in [1.165, 1.54) is 4.90 Å². The van der Waals surface area contributed by atoms with Crippen molar-refractivity contribution in [1.82, 2.24) is 10.2 Å². The van der Waals surface area contributed by atoms with E-state index in [0.29, 0.717) is 5.69 Å². The number of hydrogen-bond acceptors (Lipinski definition) is 4. The molecule has 4 aromatic rings. The second-order valence-electron chi connectivity index (χ2n) is 11.5. The quantitative estimate of drug-likeness (QED) is 0.214. The lowest BCUT2D eigenvalue weighted by molar-refractivity contribution is -0.140. The fourth-order valence-corrected chi connectivity index (χ4v) is 6.40. The topological polar surface area (TPSA) is 86.8 Å². The molecule has 0 saturated carbocycles. The molecule has 0 aliphatic heterocycles. The lowest BCUT2D eigenvalue weighted by Gasteiger charge is -2.34. The SMILES string of the molecule is Cc1ccc(N(CC(=O)N(Cc2ccccc2C)[C@@H](Cc2ccccc2)C(=O)NC(C)C)S(=O)(=O)c2ccc(C)cc2)cc1. The number of nitrogens with zero attached hydrogens (tertiary/aromatic N) is 2. The summed E-state index contributed by atoms with van der Waals surface area (Å²) in [6.07, 6.45) is 0.270. The Balaban J connectivity index is 1.81. The minimum absolute atomic E-state index is 0.0836. The molecule has 0 spiro atoms. The van der Waals surface area contributed by atoms with Crippen molar-refractivity contribution in [2.24, 2.45) is 0 Å². The van der Waals surface area contributed by atoms with E-state index in [2.05, 4.69) is 5.32 Å². The zero-order valence-corrected chi connectivity index (χ0v) is 26.8. The van der Waals surface area contributed by atoms with Crippen LogP contribution in [0.15, 0.2) is 108 Å². The van der Waals surface area contributed by atoms with Crippen LogP contribution in [0.3, 0.4) is 0 Å². The van der Waals surface area contributed by atoms with Gasteiger partial charge in [-0.3, -0.25) is 13.9 Å². The van der Waals surface area contributed by atoms with E-state index >= 15 is 0 Å². The largest absolute Gasteiger partial charge is 0.352 e. The molecule has 1 atom stereocenters. The average molecular weight is 612 g/mol. The predicted molar refractivity (Wildman–Crippen MR) is 176 cm³/mol. The first-order valence-corrected chi connectivity index (χ1v) is 16.2. The van der Waals surface area contributed by atoms with Crippen molar-refractivity contribution < 1.29 is 18.0 Å². The Morgan fingerprint density at radius 3 is 1.91 bits per heavy atom. The van der Waals surface area contributed by atoms with E-state index in [4.69, 9.17) is 0 Å². The molecule has 7 nitrogen and oxygen atoms in total. The molecule has 8 heteroatoms. The van der Waals surface area contributed by atoms with Crippen molar-refractivity contribution in [3.8, 4) is 0 Å². The summed E-state index contributed by atoms with van der Waals surface area (Å²) in [6.45, 7) is 9.16. The van der Waals surface area contributed by atoms with Crippen molar-refractivity contribution >= 4 is 27.5 Å². The normalized spacial score (nSPS) is 12.0. The van der Waals surface area contributed by atoms with Gasteiger partial charge in [-0.05, 0) is 75.6 Å². The zero-order chi connectivity index (χ0) is 31.9. The summed E-state index contributed by atoms with van der Waals surface area (Å²) in [7, 11) is -4.13. The van der Waals surface area contributed by atoms with E-state index < -0.39 is 28.5 Å². The number of benzene rings is 4. The van der Waals surface area contributed by atoms with Crippen LogP contribution in [0.2, 0.25) is 0 Å². The van der Waals surface area contributed by atoms with Gasteiger partial charge in [0.1, 0.15) is 12.6 Å². The molecule has 0 saturated heterocycles. The Morgan fingerprint density at radius 1 is 0.750 bits per heavy atom. The monoisotopic (exact) mass is 611 g/mol. The Bertz CT molecular complexity index is 1670. The van der Waals surface area contributed by atoms with Crippen LogP contribution in [0, 0.1) is 20.8 Å². The van der Waals surface area contributed by atoms with E-state index in [1.807, 2.05) is 101 Å². The number of nitrogens with one attached hydrogen (secondary N) is 1. The van der Waals surface area contributed by atoms with E-state index in [9.17, 15) is 18.0 Å². The highest BCUT2D eigenvalue weighted by Crippen LogP contribution is 2.26. The number of rotatable bonds is 12. The Kier molecular flexibility index (Phi) is 10.6. The highest BCUT2D eigenvalue weighted by molar-refractivity contribution is 7.92. The van der Waals surface area contributed by atoms with Crippen LogP contribution in [0.25, 0.3) is 0 Å². The molecule has 4 rings (SSSR count). The second kappa shape index (κ2) is 14.4. The van der Waals surface area contributed by atoms with Crippen molar-refractivity contribution in [1.29, 1.82) is 0 Å². The Morgan fingerprint density at radius 2 is 1.32 bits per heavy atom. The molecule has 0 aliphatic carbocycles. The molecule has 2 amide bonds. The maximum atomic E-state index is 14.5. The standard InChI is InChI=1S/C36H41N3O4S/c1-26(2)37-36(41)34(23-30-12-7-6-8-13-30)38(24-31-14-10-9-11-29(31)5)35(40)25-39(32-19-15-27(3)16-20-32)44(42,43)33-21-17-28(4)18-22-33/h6-22,26,34H,23-25H2,1-5H3,(H,37,41)/t34-/m0/s1. The molecule has 0 aliphatic rings. The van der Waals surface area contributed by atoms with Crippen LogP contribution < -0.4 is 9.62 Å². The number of hydrogen-bond donors (Lipinski definition) is 1. The molecule has 0 aromatic heterocycles. The van der Waals surface area contributed by atoms with Crippen molar-refractivity contribution in [3.05, 3.63) is 131 Å². The summed E-state index contributed by atoms with van der Waals surface area (Å²) in [5, 5.41) is 2.99. The van der Waals surface area contributed by atoms with Gasteiger partial charge in [0, 0.05) is 19.0 Å². The minimum Gasteiger partial charge on any atom is -0.352 e. The smallest absolute Gasteiger partial charge is 0.264 e. The van der Waals surface area contributed by atoms with Gasteiger partial charge in [-0.2, -0.15) is 0 Å². The first-order valence-electron chi connectivity index (χ1n) is 14.8. The summed E-state index contributed by atoms with van der Waals surface area (Å²) in [5.74, 6) is -0.779. The van der Waals surface area contributed by atoms with Gasteiger partial charge < -0.3 is 10.2 Å². The number of carbonyl (C=O) groups is 2. The molecule has 0 unspecified atom stereocenters. The number of sulfonamides is 1. The average Bonchev–Trinajstić information content (AvgIpc) is 2.99. The number of amides is 2. The zero-order valence-electron chi connectivity index (χ0n) is 26.0. The number of carbonyl (C=O) groups excluding carboxylic acids is 2. The highest BCUT2D eigenvalue weighted by atomic mass is 32.2. The molecule has 0 radical (unpaired) electrons. The molecular formula is C36H41N3O4S. The van der Waals surface area contributed by atoms with Crippen LogP contribution >= 0.6 is 0 Å². The lowest BCUT2D eigenvalue weighted by atomic mass is 10.0. The lowest BCUT2D eigenvalue weighted by Crippen LogP contribution is -2.54. The fourth-order valence-electron chi connectivity index (χ4n) is 4.98. The molecule has 4 aromatic carbocycles. The molecular weight excluding hydrogens is 570 g/mol. The van der Waals surface area contributed by atoms with Gasteiger partial charge in [0.15, 0.2) is 0 Å². The Hall–Kier alpha value is -4.43. The van der Waals surface area contributed by atoms with E-state index in [1.54, 1.807) is 36.4 Å². The van der Waals surface area contributed by atoms with Crippen LogP contribution in [0.5, 0.6) is 0 Å². The summed E-state index contributed by atoms with van der Waals surface area (Å²) < 4.78 is 29.4. The van der Waals surface area contributed by atoms with Crippen LogP contribution in [-0.2, 0) is 32.6 Å². The first-order chi connectivity index (χ1) is 21.0. The summed E-state index contributed by atoms with van der Waals surface area (Å²) in [5.41, 5.74) is 4.98. The van der Waals surface area contributed by atoms with Crippen molar-refractivity contribution in [2.45, 2.75) is 64.6 Å². The van der Waals surface area contributed by atoms with Crippen LogP contribution in [0.4, 0.5) is 5.69 Å². The minimum atomic E-state index is -4.13. The maximum absolute atomic E-state index is 14.5. The predicted octanol–water partition coefficient (Wildman–Crippen LogP) is 5.97. The molecule has 0 heterocycles. The van der Waals surface area contributed by atoms with Gasteiger partial charge in [-0.25, -0.2) is 8.42 Å². The molecule has 44 heavy (non-hydrogen) atoms. The van der Waals surface area contributed by atoms with Crippen molar-refractivity contribution in [3.63, 3.8) is 0 Å².